The molecular formula is C18H21NO3S4. The monoisotopic (exact) mass is 427 g/mol. The van der Waals surface area contributed by atoms with Gasteiger partial charge in [-0.05, 0) is 50.6 Å². The Balaban J connectivity index is 1.90. The molecule has 1 unspecified atom stereocenters. The fraction of sp³-hybridized carbons (Fsp3) is 0.333. The van der Waals surface area contributed by atoms with Gasteiger partial charge in [-0.2, -0.15) is 8.42 Å². The molecule has 1 aliphatic heterocycles. The van der Waals surface area contributed by atoms with E-state index in [-0.39, 0.29) is 4.90 Å². The number of nitrogens with zero attached hydrogens (tertiary/aromatic N) is 1. The molecule has 0 aromatic heterocycles. The van der Waals surface area contributed by atoms with Crippen molar-refractivity contribution in [2.24, 2.45) is 0 Å². The smallest absolute Gasteiger partial charge is 0.299 e. The summed E-state index contributed by atoms with van der Waals surface area (Å²) in [4.78, 5) is 5.62. The van der Waals surface area contributed by atoms with Crippen LogP contribution in [0.1, 0.15) is 12.5 Å². The van der Waals surface area contributed by atoms with Gasteiger partial charge in [0.05, 0.1) is 10.6 Å². The van der Waals surface area contributed by atoms with Crippen LogP contribution in [0.5, 0.6) is 0 Å². The second kappa shape index (κ2) is 8.06. The summed E-state index contributed by atoms with van der Waals surface area (Å²) in [6, 6.07) is 11.0. The topological polar surface area (TPSA) is 46.6 Å². The lowest BCUT2D eigenvalue weighted by Crippen LogP contribution is -2.33. The molecule has 4 nitrogen and oxygen atoms in total. The minimum Gasteiger partial charge on any atom is -0.336 e. The fourth-order valence-corrected chi connectivity index (χ4v) is 6.73. The van der Waals surface area contributed by atoms with Gasteiger partial charge in [-0.1, -0.05) is 29.5 Å². The van der Waals surface area contributed by atoms with Crippen molar-refractivity contribution in [3.05, 3.63) is 42.0 Å². The molecule has 2 aromatic carbocycles. The summed E-state index contributed by atoms with van der Waals surface area (Å²) < 4.78 is 31.0. The van der Waals surface area contributed by atoms with E-state index < -0.39 is 15.7 Å². The predicted molar refractivity (Wildman–Crippen MR) is 112 cm³/mol. The quantitative estimate of drug-likeness (QED) is 0.472. The zero-order valence-corrected chi connectivity index (χ0v) is 18.3. The Bertz CT molecular complexity index is 897. The van der Waals surface area contributed by atoms with E-state index in [4.69, 9.17) is 4.18 Å². The standard InChI is InChI=1S/C18H21NO3S4/c1-5-19-14-10-16(23-3)17(24-4)11-15(14)25-18(19)22-26(20,21)13-8-6-12(2)7-9-13/h6-11,18H,5H2,1-4H3. The highest BCUT2D eigenvalue weighted by Gasteiger charge is 2.35. The van der Waals surface area contributed by atoms with Crippen molar-refractivity contribution in [3.8, 4) is 0 Å². The molecular weight excluding hydrogens is 406 g/mol. The average molecular weight is 428 g/mol. The lowest BCUT2D eigenvalue weighted by molar-refractivity contribution is 0.289. The zero-order valence-electron chi connectivity index (χ0n) is 15.1. The second-order valence-corrected chi connectivity index (χ2v) is 10.1. The molecule has 0 aliphatic carbocycles. The maximum absolute atomic E-state index is 12.7. The van der Waals surface area contributed by atoms with Gasteiger partial charge in [0.25, 0.3) is 10.1 Å². The fourth-order valence-electron chi connectivity index (χ4n) is 2.71. The summed E-state index contributed by atoms with van der Waals surface area (Å²) in [5, 5.41) is 0. The van der Waals surface area contributed by atoms with E-state index in [9.17, 15) is 8.42 Å². The zero-order chi connectivity index (χ0) is 18.9. The molecule has 1 aliphatic rings. The van der Waals surface area contributed by atoms with Crippen molar-refractivity contribution in [1.29, 1.82) is 0 Å². The minimum absolute atomic E-state index is 0.185. The SMILES string of the molecule is CCN1c2cc(SC)c(SC)cc2SC1OS(=O)(=O)c1ccc(C)cc1. The lowest BCUT2D eigenvalue weighted by Gasteiger charge is -2.24. The Hall–Kier alpha value is -0.800. The molecule has 3 rings (SSSR count). The molecule has 140 valence electrons. The van der Waals surface area contributed by atoms with E-state index in [1.54, 1.807) is 47.8 Å². The highest BCUT2D eigenvalue weighted by Crippen LogP contribution is 2.48. The number of fused-ring (bicyclic) bond motifs is 1. The van der Waals surface area contributed by atoms with E-state index in [0.717, 1.165) is 16.1 Å². The lowest BCUT2D eigenvalue weighted by atomic mass is 10.2. The molecule has 0 saturated carbocycles. The Labute approximate surface area is 168 Å². The van der Waals surface area contributed by atoms with Crippen molar-refractivity contribution in [3.63, 3.8) is 0 Å². The van der Waals surface area contributed by atoms with Crippen molar-refractivity contribution in [2.75, 3.05) is 24.0 Å². The highest BCUT2D eigenvalue weighted by molar-refractivity contribution is 8.02. The van der Waals surface area contributed by atoms with Crippen LogP contribution < -0.4 is 4.90 Å². The minimum atomic E-state index is -3.83. The van der Waals surface area contributed by atoms with Crippen LogP contribution in [0.25, 0.3) is 0 Å². The van der Waals surface area contributed by atoms with Crippen LogP contribution in [0.4, 0.5) is 5.69 Å². The number of thioether (sulfide) groups is 3. The maximum Gasteiger partial charge on any atom is 0.299 e. The average Bonchev–Trinajstić information content (AvgIpc) is 2.95. The molecule has 1 atom stereocenters. The number of aryl methyl sites for hydroxylation is 1. The van der Waals surface area contributed by atoms with Gasteiger partial charge in [-0.25, -0.2) is 4.18 Å². The third-order valence-corrected chi connectivity index (χ3v) is 8.34. The van der Waals surface area contributed by atoms with Crippen LogP contribution in [-0.2, 0) is 14.3 Å². The molecule has 2 aromatic rings. The van der Waals surface area contributed by atoms with E-state index >= 15 is 0 Å². The van der Waals surface area contributed by atoms with Gasteiger partial charge in [0, 0.05) is 21.2 Å². The molecule has 0 N–H and O–H groups in total. The van der Waals surface area contributed by atoms with Crippen LogP contribution in [0.15, 0.2) is 56.0 Å². The number of anilines is 1. The van der Waals surface area contributed by atoms with Crippen LogP contribution in [-0.4, -0.2) is 33.0 Å². The third-order valence-electron chi connectivity index (χ3n) is 4.12. The van der Waals surface area contributed by atoms with Crippen LogP contribution >= 0.6 is 35.3 Å². The first-order valence-corrected chi connectivity index (χ1v) is 12.8. The summed E-state index contributed by atoms with van der Waals surface area (Å²) >= 11 is 4.84. The third kappa shape index (κ3) is 3.89. The van der Waals surface area contributed by atoms with Gasteiger partial charge in [-0.15, -0.1) is 23.5 Å². The van der Waals surface area contributed by atoms with Crippen LogP contribution in [0, 0.1) is 6.92 Å². The summed E-state index contributed by atoms with van der Waals surface area (Å²) in [7, 11) is -3.83. The molecule has 8 heteroatoms. The Morgan fingerprint density at radius 3 is 2.31 bits per heavy atom. The Kier molecular flexibility index (Phi) is 6.18. The molecule has 0 radical (unpaired) electrons. The number of hydrogen-bond acceptors (Lipinski definition) is 7. The normalized spacial score (nSPS) is 16.8. The van der Waals surface area contributed by atoms with Gasteiger partial charge in [0.15, 0.2) is 0 Å². The Morgan fingerprint density at radius 1 is 1.12 bits per heavy atom. The molecule has 1 heterocycles. The molecule has 0 amide bonds. The first-order valence-electron chi connectivity index (χ1n) is 8.09. The largest absolute Gasteiger partial charge is 0.336 e. The first-order chi connectivity index (χ1) is 12.4. The predicted octanol–water partition coefficient (Wildman–Crippen LogP) is 5.06. The van der Waals surface area contributed by atoms with Crippen LogP contribution in [0.2, 0.25) is 0 Å². The van der Waals surface area contributed by atoms with Gasteiger partial charge < -0.3 is 4.90 Å². The summed E-state index contributed by atoms with van der Waals surface area (Å²) in [6.45, 7) is 4.60. The van der Waals surface area contributed by atoms with E-state index in [1.807, 2.05) is 18.7 Å². The highest BCUT2D eigenvalue weighted by atomic mass is 32.2. The van der Waals surface area contributed by atoms with E-state index in [2.05, 4.69) is 24.6 Å². The van der Waals surface area contributed by atoms with Crippen molar-refractivity contribution in [2.45, 2.75) is 39.0 Å². The molecule has 0 fully saturated rings. The second-order valence-electron chi connectivity index (χ2n) is 5.75. The van der Waals surface area contributed by atoms with Crippen LogP contribution in [0.3, 0.4) is 0 Å². The van der Waals surface area contributed by atoms with Gasteiger partial charge in [0.1, 0.15) is 0 Å². The maximum atomic E-state index is 12.7. The summed E-state index contributed by atoms with van der Waals surface area (Å²) in [6.07, 6.45) is 4.10. The van der Waals surface area contributed by atoms with Gasteiger partial charge in [-0.3, -0.25) is 0 Å². The van der Waals surface area contributed by atoms with Crippen molar-refractivity contribution >= 4 is 51.1 Å². The van der Waals surface area contributed by atoms with E-state index in [1.165, 1.54) is 21.6 Å². The van der Waals surface area contributed by atoms with Gasteiger partial charge >= 0.3 is 0 Å². The Morgan fingerprint density at radius 2 is 1.73 bits per heavy atom. The molecule has 0 spiro atoms. The molecule has 0 bridgehead atoms. The number of rotatable bonds is 6. The van der Waals surface area contributed by atoms with Crippen molar-refractivity contribution in [1.82, 2.24) is 0 Å². The first kappa shape index (κ1) is 19.9. The molecule has 26 heavy (non-hydrogen) atoms. The van der Waals surface area contributed by atoms with Gasteiger partial charge in [0.2, 0.25) is 5.56 Å². The molecule has 0 saturated heterocycles. The number of hydrogen-bond donors (Lipinski definition) is 0. The van der Waals surface area contributed by atoms with E-state index in [0.29, 0.717) is 6.54 Å². The number of benzene rings is 2. The summed E-state index contributed by atoms with van der Waals surface area (Å²) in [5.41, 5.74) is 1.45. The summed E-state index contributed by atoms with van der Waals surface area (Å²) in [5.74, 6) is 0. The van der Waals surface area contributed by atoms with Crippen molar-refractivity contribution < 1.29 is 12.6 Å².